The third-order valence-electron chi connectivity index (χ3n) is 4.57. The van der Waals surface area contributed by atoms with Crippen LogP contribution in [0.4, 0.5) is 14.5 Å². The van der Waals surface area contributed by atoms with Crippen LogP contribution >= 0.6 is 0 Å². The molecule has 0 unspecified atom stereocenters. The molecule has 2 aromatic heterocycles. The molecule has 10 heteroatoms. The van der Waals surface area contributed by atoms with Gasteiger partial charge in [-0.2, -0.15) is 0 Å². The number of hydrogen-bond acceptors (Lipinski definition) is 5. The van der Waals surface area contributed by atoms with Gasteiger partial charge in [-0.25, -0.2) is 17.2 Å². The molecular weight excluding hydrogens is 426 g/mol. The number of fused-ring (bicyclic) bond motifs is 1. The van der Waals surface area contributed by atoms with Crippen LogP contribution in [0.1, 0.15) is 11.4 Å². The minimum atomic E-state index is -3.52. The van der Waals surface area contributed by atoms with Crippen LogP contribution in [-0.4, -0.2) is 29.3 Å². The molecule has 2 aromatic carbocycles. The molecule has 160 valence electrons. The van der Waals surface area contributed by atoms with E-state index in [9.17, 15) is 17.2 Å². The van der Waals surface area contributed by atoms with Crippen LogP contribution in [-0.2, 0) is 10.0 Å². The summed E-state index contributed by atoms with van der Waals surface area (Å²) in [6.07, 6.45) is 2.83. The van der Waals surface area contributed by atoms with Gasteiger partial charge in [0.25, 0.3) is 0 Å². The van der Waals surface area contributed by atoms with Gasteiger partial charge in [-0.05, 0) is 55.8 Å². The molecule has 0 spiro atoms. The summed E-state index contributed by atoms with van der Waals surface area (Å²) in [6.45, 7) is 3.67. The van der Waals surface area contributed by atoms with Gasteiger partial charge >= 0.3 is 0 Å². The summed E-state index contributed by atoms with van der Waals surface area (Å²) >= 11 is 0. The Kier molecular flexibility index (Phi) is 5.10. The number of aryl methyl sites for hydroxylation is 2. The van der Waals surface area contributed by atoms with Crippen molar-refractivity contribution in [1.29, 1.82) is 0 Å². The van der Waals surface area contributed by atoms with Crippen LogP contribution in [0.3, 0.4) is 0 Å². The predicted octanol–water partition coefficient (Wildman–Crippen LogP) is 4.46. The fraction of sp³-hybridized carbons (Fsp3) is 0.143. The van der Waals surface area contributed by atoms with Crippen LogP contribution in [0.2, 0.25) is 0 Å². The van der Waals surface area contributed by atoms with Gasteiger partial charge in [0.2, 0.25) is 10.0 Å². The molecule has 31 heavy (non-hydrogen) atoms. The number of hydrogen-bond donors (Lipinski definition) is 1. The highest BCUT2D eigenvalue weighted by Crippen LogP contribution is 2.37. The first-order valence-electron chi connectivity index (χ1n) is 9.18. The van der Waals surface area contributed by atoms with E-state index >= 15 is 0 Å². The van der Waals surface area contributed by atoms with Gasteiger partial charge in [0, 0.05) is 29.1 Å². The van der Waals surface area contributed by atoms with E-state index in [-0.39, 0.29) is 11.5 Å². The van der Waals surface area contributed by atoms with Crippen LogP contribution in [0.25, 0.3) is 16.8 Å². The first-order chi connectivity index (χ1) is 14.6. The lowest BCUT2D eigenvalue weighted by Gasteiger charge is -2.15. The topological polar surface area (TPSA) is 85.6 Å². The van der Waals surface area contributed by atoms with Crippen molar-refractivity contribution in [2.24, 2.45) is 0 Å². The Bertz CT molecular complexity index is 1420. The molecule has 0 saturated heterocycles. The number of ether oxygens (including phenoxy) is 1. The summed E-state index contributed by atoms with van der Waals surface area (Å²) < 4.78 is 60.8. The Balaban J connectivity index is 1.88. The smallest absolute Gasteiger partial charge is 0.229 e. The lowest BCUT2D eigenvalue weighted by atomic mass is 10.0. The van der Waals surface area contributed by atoms with Gasteiger partial charge in [0.15, 0.2) is 17.2 Å². The zero-order valence-electron chi connectivity index (χ0n) is 16.8. The number of anilines is 1. The van der Waals surface area contributed by atoms with Gasteiger partial charge in [-0.15, -0.1) is 10.2 Å². The molecule has 4 rings (SSSR count). The number of aromatic nitrogens is 3. The molecule has 0 aliphatic heterocycles. The van der Waals surface area contributed by atoms with Gasteiger partial charge in [0.1, 0.15) is 17.4 Å². The van der Waals surface area contributed by atoms with Gasteiger partial charge in [0.05, 0.1) is 6.26 Å². The summed E-state index contributed by atoms with van der Waals surface area (Å²) in [6, 6.07) is 9.45. The van der Waals surface area contributed by atoms with Gasteiger partial charge in [-0.3, -0.25) is 9.12 Å². The van der Waals surface area contributed by atoms with Crippen molar-refractivity contribution in [1.82, 2.24) is 14.6 Å². The molecule has 0 saturated carbocycles. The number of nitrogens with one attached hydrogen (secondary N) is 1. The van der Waals surface area contributed by atoms with Crippen molar-refractivity contribution in [3.05, 3.63) is 71.7 Å². The van der Waals surface area contributed by atoms with Crippen molar-refractivity contribution in [3.8, 4) is 22.6 Å². The largest absolute Gasteiger partial charge is 0.454 e. The molecule has 4 aromatic rings. The second-order valence-electron chi connectivity index (χ2n) is 7.11. The summed E-state index contributed by atoms with van der Waals surface area (Å²) in [5.74, 6) is -0.816. The Morgan fingerprint density at radius 1 is 1.00 bits per heavy atom. The third-order valence-corrected chi connectivity index (χ3v) is 5.17. The molecular formula is C21H18F2N4O3S. The fourth-order valence-electron chi connectivity index (χ4n) is 3.21. The lowest BCUT2D eigenvalue weighted by Crippen LogP contribution is -2.09. The minimum absolute atomic E-state index is 0.162. The molecule has 2 heterocycles. The highest BCUT2D eigenvalue weighted by molar-refractivity contribution is 7.92. The Hall–Kier alpha value is -3.53. The van der Waals surface area contributed by atoms with E-state index in [0.717, 1.165) is 24.0 Å². The Morgan fingerprint density at radius 2 is 1.74 bits per heavy atom. The van der Waals surface area contributed by atoms with Crippen molar-refractivity contribution < 1.29 is 21.9 Å². The summed E-state index contributed by atoms with van der Waals surface area (Å²) in [5, 5.41) is 8.21. The lowest BCUT2D eigenvalue weighted by molar-refractivity contribution is 0.439. The first kappa shape index (κ1) is 20.7. The summed E-state index contributed by atoms with van der Waals surface area (Å²) in [7, 11) is -3.52. The third kappa shape index (κ3) is 4.33. The molecule has 0 fully saturated rings. The van der Waals surface area contributed by atoms with E-state index in [1.807, 2.05) is 13.0 Å². The quantitative estimate of drug-likeness (QED) is 0.491. The van der Waals surface area contributed by atoms with Gasteiger partial charge < -0.3 is 4.74 Å². The van der Waals surface area contributed by atoms with E-state index in [1.54, 1.807) is 23.6 Å². The zero-order chi connectivity index (χ0) is 22.3. The molecule has 1 N–H and O–H groups in total. The van der Waals surface area contributed by atoms with Crippen LogP contribution in [0.15, 0.2) is 48.7 Å². The summed E-state index contributed by atoms with van der Waals surface area (Å²) in [4.78, 5) is 0. The number of nitrogens with zero attached hydrogens (tertiary/aromatic N) is 3. The molecule has 7 nitrogen and oxygen atoms in total. The molecule has 0 amide bonds. The van der Waals surface area contributed by atoms with E-state index in [4.69, 9.17) is 4.74 Å². The van der Waals surface area contributed by atoms with Crippen LogP contribution < -0.4 is 9.46 Å². The fourth-order valence-corrected chi connectivity index (χ4v) is 3.77. The van der Waals surface area contributed by atoms with Crippen molar-refractivity contribution in [2.45, 2.75) is 13.8 Å². The number of halogens is 2. The number of sulfonamides is 1. The normalized spacial score (nSPS) is 11.6. The standard InChI is InChI=1S/C21H18F2N4O3S/c1-12-8-14(11-27-13(2)24-25-21(12)27)17-10-16(26-31(3,28)29)5-7-19(17)30-20-6-4-15(22)9-18(20)23/h4-11,26H,1-3H3. The van der Waals surface area contributed by atoms with E-state index in [0.29, 0.717) is 28.3 Å². The van der Waals surface area contributed by atoms with E-state index in [2.05, 4.69) is 14.9 Å². The summed E-state index contributed by atoms with van der Waals surface area (Å²) in [5.41, 5.74) is 2.98. The monoisotopic (exact) mass is 444 g/mol. The second-order valence-corrected chi connectivity index (χ2v) is 8.86. The molecule has 0 atom stereocenters. The minimum Gasteiger partial charge on any atom is -0.454 e. The number of benzene rings is 2. The molecule has 0 aliphatic rings. The van der Waals surface area contributed by atoms with Crippen LogP contribution in [0, 0.1) is 25.5 Å². The van der Waals surface area contributed by atoms with Crippen LogP contribution in [0.5, 0.6) is 11.5 Å². The van der Waals surface area contributed by atoms with E-state index < -0.39 is 21.7 Å². The second kappa shape index (κ2) is 7.62. The number of pyridine rings is 1. The van der Waals surface area contributed by atoms with Crippen molar-refractivity contribution in [2.75, 3.05) is 11.0 Å². The highest BCUT2D eigenvalue weighted by atomic mass is 32.2. The molecule has 0 aliphatic carbocycles. The van der Waals surface area contributed by atoms with Gasteiger partial charge in [-0.1, -0.05) is 0 Å². The zero-order valence-corrected chi connectivity index (χ0v) is 17.7. The Labute approximate surface area is 177 Å². The maximum atomic E-state index is 14.2. The maximum Gasteiger partial charge on any atom is 0.229 e. The first-order valence-corrected chi connectivity index (χ1v) is 11.1. The SMILES string of the molecule is Cc1cc(-c2cc(NS(C)(=O)=O)ccc2Oc2ccc(F)cc2F)cn2c(C)nnc12. The predicted molar refractivity (Wildman–Crippen MR) is 113 cm³/mol. The number of rotatable bonds is 5. The average Bonchev–Trinajstić information content (AvgIpc) is 3.05. The highest BCUT2D eigenvalue weighted by Gasteiger charge is 2.16. The molecule has 0 radical (unpaired) electrons. The average molecular weight is 444 g/mol. The Morgan fingerprint density at radius 3 is 2.45 bits per heavy atom. The maximum absolute atomic E-state index is 14.2. The van der Waals surface area contributed by atoms with Crippen molar-refractivity contribution >= 4 is 21.4 Å². The molecule has 0 bridgehead atoms. The van der Waals surface area contributed by atoms with Crippen molar-refractivity contribution in [3.63, 3.8) is 0 Å². The van der Waals surface area contributed by atoms with E-state index in [1.165, 1.54) is 18.2 Å².